The Balaban J connectivity index is 0.00000144. The van der Waals surface area contributed by atoms with Crippen LogP contribution in [0.25, 0.3) is 11.3 Å². The van der Waals surface area contributed by atoms with Crippen molar-refractivity contribution >= 4 is 12.4 Å². The molecule has 0 saturated carbocycles. The van der Waals surface area contributed by atoms with Gasteiger partial charge in [0.15, 0.2) is 5.76 Å². The van der Waals surface area contributed by atoms with Gasteiger partial charge in [-0.05, 0) is 6.42 Å². The van der Waals surface area contributed by atoms with Crippen molar-refractivity contribution in [2.45, 2.75) is 25.8 Å². The zero-order valence-electron chi connectivity index (χ0n) is 9.80. The Kier molecular flexibility index (Phi) is 5.19. The second kappa shape index (κ2) is 6.42. The molecule has 4 heteroatoms. The minimum Gasteiger partial charge on any atom is -0.356 e. The van der Waals surface area contributed by atoms with Crippen LogP contribution >= 0.6 is 12.4 Å². The van der Waals surface area contributed by atoms with Gasteiger partial charge in [0, 0.05) is 24.1 Å². The first kappa shape index (κ1) is 13.7. The van der Waals surface area contributed by atoms with Gasteiger partial charge in [-0.2, -0.15) is 0 Å². The van der Waals surface area contributed by atoms with E-state index in [1.165, 1.54) is 0 Å². The van der Waals surface area contributed by atoms with Crippen LogP contribution in [0.15, 0.2) is 40.9 Å². The Morgan fingerprint density at radius 1 is 1.29 bits per heavy atom. The van der Waals surface area contributed by atoms with Crippen molar-refractivity contribution in [2.24, 2.45) is 5.73 Å². The molecule has 92 valence electrons. The molecule has 0 radical (unpaired) electrons. The molecule has 0 spiro atoms. The van der Waals surface area contributed by atoms with Gasteiger partial charge in [0.05, 0.1) is 5.69 Å². The van der Waals surface area contributed by atoms with Crippen molar-refractivity contribution in [1.29, 1.82) is 0 Å². The Labute approximate surface area is 107 Å². The van der Waals surface area contributed by atoms with Gasteiger partial charge in [0.25, 0.3) is 0 Å². The lowest BCUT2D eigenvalue weighted by atomic mass is 10.1. The maximum absolute atomic E-state index is 5.87. The number of nitrogens with two attached hydrogens (primary N) is 1. The summed E-state index contributed by atoms with van der Waals surface area (Å²) in [4.78, 5) is 0. The van der Waals surface area contributed by atoms with Gasteiger partial charge >= 0.3 is 0 Å². The molecule has 0 saturated heterocycles. The van der Waals surface area contributed by atoms with Crippen LogP contribution in [0, 0.1) is 0 Å². The molecular weight excluding hydrogens is 236 g/mol. The van der Waals surface area contributed by atoms with Gasteiger partial charge in [0.1, 0.15) is 0 Å². The molecule has 0 aliphatic heterocycles. The predicted octanol–water partition coefficient (Wildman–Crippen LogP) is 3.04. The molecule has 0 aliphatic carbocycles. The smallest absolute Gasteiger partial charge is 0.167 e. The van der Waals surface area contributed by atoms with Crippen LogP contribution in [-0.4, -0.2) is 11.2 Å². The van der Waals surface area contributed by atoms with Crippen molar-refractivity contribution < 1.29 is 4.52 Å². The summed E-state index contributed by atoms with van der Waals surface area (Å²) in [5.41, 5.74) is 7.84. The van der Waals surface area contributed by atoms with E-state index in [9.17, 15) is 0 Å². The average molecular weight is 253 g/mol. The summed E-state index contributed by atoms with van der Waals surface area (Å²) in [6.07, 6.45) is 1.72. The number of aromatic nitrogens is 1. The molecule has 0 amide bonds. The van der Waals surface area contributed by atoms with Crippen LogP contribution in [0.4, 0.5) is 0 Å². The quantitative estimate of drug-likeness (QED) is 0.910. The fourth-order valence-electron chi connectivity index (χ4n) is 1.56. The summed E-state index contributed by atoms with van der Waals surface area (Å²) in [6, 6.07) is 12.1. The maximum atomic E-state index is 5.87. The minimum absolute atomic E-state index is 0. The van der Waals surface area contributed by atoms with E-state index in [-0.39, 0.29) is 18.4 Å². The van der Waals surface area contributed by atoms with Crippen molar-refractivity contribution in [2.75, 3.05) is 0 Å². The van der Waals surface area contributed by atoms with E-state index < -0.39 is 0 Å². The van der Waals surface area contributed by atoms with Crippen molar-refractivity contribution in [3.63, 3.8) is 0 Å². The molecule has 2 N–H and O–H groups in total. The van der Waals surface area contributed by atoms with Crippen LogP contribution in [-0.2, 0) is 6.42 Å². The second-order valence-corrected chi connectivity index (χ2v) is 3.92. The predicted molar refractivity (Wildman–Crippen MR) is 71.2 cm³/mol. The third kappa shape index (κ3) is 3.58. The van der Waals surface area contributed by atoms with Gasteiger partial charge < -0.3 is 10.3 Å². The zero-order valence-corrected chi connectivity index (χ0v) is 10.6. The highest BCUT2D eigenvalue weighted by atomic mass is 35.5. The minimum atomic E-state index is 0. The summed E-state index contributed by atoms with van der Waals surface area (Å²) in [7, 11) is 0. The summed E-state index contributed by atoms with van der Waals surface area (Å²) in [5, 5.41) is 4.03. The Morgan fingerprint density at radius 3 is 2.65 bits per heavy atom. The van der Waals surface area contributed by atoms with Gasteiger partial charge in [-0.3, -0.25) is 0 Å². The van der Waals surface area contributed by atoms with E-state index >= 15 is 0 Å². The standard InChI is InChI=1S/C13H16N2O.ClH/c1-2-11(14)8-12-9-13(16-15-12)10-6-4-3-5-7-10;/h3-7,9,11H,2,8,14H2,1H3;1H. The number of hydrogen-bond donors (Lipinski definition) is 1. The molecule has 3 nitrogen and oxygen atoms in total. The normalized spacial score (nSPS) is 11.9. The average Bonchev–Trinajstić information content (AvgIpc) is 2.78. The number of nitrogens with zero attached hydrogens (tertiary/aromatic N) is 1. The first-order valence-electron chi connectivity index (χ1n) is 5.56. The molecule has 2 rings (SSSR count). The SMILES string of the molecule is CCC(N)Cc1cc(-c2ccccc2)on1.Cl. The lowest BCUT2D eigenvalue weighted by molar-refractivity contribution is 0.420. The number of benzene rings is 1. The summed E-state index contributed by atoms with van der Waals surface area (Å²) < 4.78 is 5.29. The van der Waals surface area contributed by atoms with Gasteiger partial charge in [-0.1, -0.05) is 42.4 Å². The van der Waals surface area contributed by atoms with Crippen molar-refractivity contribution in [3.8, 4) is 11.3 Å². The van der Waals surface area contributed by atoms with E-state index in [0.29, 0.717) is 0 Å². The van der Waals surface area contributed by atoms with Crippen LogP contribution in [0.3, 0.4) is 0 Å². The number of hydrogen-bond acceptors (Lipinski definition) is 3. The highest BCUT2D eigenvalue weighted by Gasteiger charge is 2.08. The molecule has 0 fully saturated rings. The van der Waals surface area contributed by atoms with Gasteiger partial charge in [0.2, 0.25) is 0 Å². The third-order valence-electron chi connectivity index (χ3n) is 2.61. The highest BCUT2D eigenvalue weighted by Crippen LogP contribution is 2.20. The molecule has 1 aromatic heterocycles. The lowest BCUT2D eigenvalue weighted by Crippen LogP contribution is -2.21. The summed E-state index contributed by atoms with van der Waals surface area (Å²) in [5.74, 6) is 0.805. The molecular formula is C13H17ClN2O. The largest absolute Gasteiger partial charge is 0.356 e. The van der Waals surface area contributed by atoms with Crippen LogP contribution in [0.2, 0.25) is 0 Å². The highest BCUT2D eigenvalue weighted by molar-refractivity contribution is 5.85. The fraction of sp³-hybridized carbons (Fsp3) is 0.308. The fourth-order valence-corrected chi connectivity index (χ4v) is 1.56. The Morgan fingerprint density at radius 2 is 2.00 bits per heavy atom. The first-order valence-corrected chi connectivity index (χ1v) is 5.56. The second-order valence-electron chi connectivity index (χ2n) is 3.92. The van der Waals surface area contributed by atoms with E-state index in [2.05, 4.69) is 12.1 Å². The van der Waals surface area contributed by atoms with Crippen LogP contribution in [0.1, 0.15) is 19.0 Å². The Bertz CT molecular complexity index is 442. The van der Waals surface area contributed by atoms with Crippen LogP contribution in [0.5, 0.6) is 0 Å². The van der Waals surface area contributed by atoms with E-state index in [1.807, 2.05) is 36.4 Å². The monoisotopic (exact) mass is 252 g/mol. The van der Waals surface area contributed by atoms with E-state index in [4.69, 9.17) is 10.3 Å². The van der Waals surface area contributed by atoms with E-state index in [0.717, 1.165) is 29.9 Å². The zero-order chi connectivity index (χ0) is 11.4. The van der Waals surface area contributed by atoms with E-state index in [1.54, 1.807) is 0 Å². The third-order valence-corrected chi connectivity index (χ3v) is 2.61. The summed E-state index contributed by atoms with van der Waals surface area (Å²) >= 11 is 0. The Hall–Kier alpha value is -1.32. The van der Waals surface area contributed by atoms with Gasteiger partial charge in [-0.15, -0.1) is 12.4 Å². The molecule has 2 aromatic rings. The molecule has 1 atom stereocenters. The maximum Gasteiger partial charge on any atom is 0.167 e. The van der Waals surface area contributed by atoms with Crippen molar-refractivity contribution in [1.82, 2.24) is 5.16 Å². The molecule has 0 bridgehead atoms. The number of halogens is 1. The van der Waals surface area contributed by atoms with Gasteiger partial charge in [-0.25, -0.2) is 0 Å². The van der Waals surface area contributed by atoms with Crippen LogP contribution < -0.4 is 5.73 Å². The first-order chi connectivity index (χ1) is 7.79. The molecule has 1 aromatic carbocycles. The molecule has 1 unspecified atom stereocenters. The summed E-state index contributed by atoms with van der Waals surface area (Å²) in [6.45, 7) is 2.07. The lowest BCUT2D eigenvalue weighted by Gasteiger charge is -2.03. The molecule has 17 heavy (non-hydrogen) atoms. The van der Waals surface area contributed by atoms with Crippen molar-refractivity contribution in [3.05, 3.63) is 42.1 Å². The number of rotatable bonds is 4. The molecule has 0 aliphatic rings. The molecule has 1 heterocycles. The topological polar surface area (TPSA) is 52.0 Å².